The third-order valence-corrected chi connectivity index (χ3v) is 4.15. The van der Waals surface area contributed by atoms with Gasteiger partial charge in [-0.3, -0.25) is 0 Å². The fraction of sp³-hybridized carbons (Fsp3) is 0.350. The highest BCUT2D eigenvalue weighted by molar-refractivity contribution is 5.74. The second kappa shape index (κ2) is 8.51. The first kappa shape index (κ1) is 18.8. The Bertz CT molecular complexity index is 699. The van der Waals surface area contributed by atoms with E-state index >= 15 is 0 Å². The van der Waals surface area contributed by atoms with E-state index in [9.17, 15) is 9.18 Å². The third kappa shape index (κ3) is 5.48. The van der Waals surface area contributed by atoms with Crippen molar-refractivity contribution in [2.24, 2.45) is 0 Å². The Kier molecular flexibility index (Phi) is 6.39. The van der Waals surface area contributed by atoms with Gasteiger partial charge in [-0.15, -0.1) is 0 Å². The maximum absolute atomic E-state index is 13.9. The Morgan fingerprint density at radius 3 is 2.40 bits per heavy atom. The number of methoxy groups -OCH3 is 1. The molecule has 0 spiro atoms. The second-order valence-electron chi connectivity index (χ2n) is 6.57. The molecule has 0 radical (unpaired) electrons. The Balaban J connectivity index is 1.77. The molecule has 2 aromatic rings. The Hall–Kier alpha value is -2.56. The molecule has 0 aliphatic carbocycles. The van der Waals surface area contributed by atoms with Gasteiger partial charge in [0, 0.05) is 18.5 Å². The van der Waals surface area contributed by atoms with Crippen molar-refractivity contribution in [3.05, 3.63) is 65.5 Å². The number of rotatable bonds is 7. The molecular weight excluding hydrogens is 319 g/mol. The standard InChI is InChI=1S/C20H25FN2O2/c1-20(2,17-6-4-5-7-18(17)21)14-23-19(24)22-13-12-15-8-10-16(25-3)11-9-15/h4-11H,12-14H2,1-3H3,(H2,22,23,24). The van der Waals surface area contributed by atoms with Gasteiger partial charge >= 0.3 is 6.03 Å². The van der Waals surface area contributed by atoms with Crippen molar-refractivity contribution in [1.29, 1.82) is 0 Å². The summed E-state index contributed by atoms with van der Waals surface area (Å²) in [5, 5.41) is 5.64. The lowest BCUT2D eigenvalue weighted by atomic mass is 9.84. The highest BCUT2D eigenvalue weighted by Crippen LogP contribution is 2.24. The Labute approximate surface area is 148 Å². The van der Waals surface area contributed by atoms with E-state index in [1.54, 1.807) is 25.3 Å². The number of hydrogen-bond donors (Lipinski definition) is 2. The number of carbonyl (C=O) groups excluding carboxylic acids is 1. The Morgan fingerprint density at radius 1 is 1.08 bits per heavy atom. The number of nitrogens with one attached hydrogen (secondary N) is 2. The van der Waals surface area contributed by atoms with E-state index in [2.05, 4.69) is 10.6 Å². The van der Waals surface area contributed by atoms with Crippen LogP contribution in [0.4, 0.5) is 9.18 Å². The molecule has 0 saturated heterocycles. The summed E-state index contributed by atoms with van der Waals surface area (Å²) in [7, 11) is 1.63. The van der Waals surface area contributed by atoms with Crippen LogP contribution in [-0.2, 0) is 11.8 Å². The number of carbonyl (C=O) groups is 1. The number of urea groups is 1. The topological polar surface area (TPSA) is 50.4 Å². The first-order valence-corrected chi connectivity index (χ1v) is 8.32. The van der Waals surface area contributed by atoms with Crippen LogP contribution in [0.15, 0.2) is 48.5 Å². The molecule has 0 aliphatic rings. The summed E-state index contributed by atoms with van der Waals surface area (Å²) < 4.78 is 19.0. The molecule has 0 aliphatic heterocycles. The minimum Gasteiger partial charge on any atom is -0.497 e. The van der Waals surface area contributed by atoms with Crippen molar-refractivity contribution in [2.75, 3.05) is 20.2 Å². The lowest BCUT2D eigenvalue weighted by Gasteiger charge is -2.26. The summed E-state index contributed by atoms with van der Waals surface area (Å²) in [6.45, 7) is 4.69. The van der Waals surface area contributed by atoms with Gasteiger partial charge in [0.05, 0.1) is 7.11 Å². The average molecular weight is 344 g/mol. The SMILES string of the molecule is COc1ccc(CCNC(=O)NCC(C)(C)c2ccccc2F)cc1. The summed E-state index contributed by atoms with van der Waals surface area (Å²) in [5.41, 5.74) is 1.22. The zero-order valence-corrected chi connectivity index (χ0v) is 14.9. The van der Waals surface area contributed by atoms with Gasteiger partial charge in [0.25, 0.3) is 0 Å². The number of hydrogen-bond acceptors (Lipinski definition) is 2. The van der Waals surface area contributed by atoms with E-state index in [-0.39, 0.29) is 11.8 Å². The molecule has 0 atom stereocenters. The van der Waals surface area contributed by atoms with Gasteiger partial charge in [0.15, 0.2) is 0 Å². The maximum Gasteiger partial charge on any atom is 0.314 e. The smallest absolute Gasteiger partial charge is 0.314 e. The van der Waals surface area contributed by atoms with Gasteiger partial charge in [0.1, 0.15) is 11.6 Å². The van der Waals surface area contributed by atoms with Crippen molar-refractivity contribution < 1.29 is 13.9 Å². The minimum atomic E-state index is -0.487. The molecule has 0 saturated carbocycles. The fourth-order valence-corrected chi connectivity index (χ4v) is 2.58. The number of benzene rings is 2. The van der Waals surface area contributed by atoms with Crippen molar-refractivity contribution in [1.82, 2.24) is 10.6 Å². The molecule has 0 unspecified atom stereocenters. The molecule has 0 bridgehead atoms. The molecule has 25 heavy (non-hydrogen) atoms. The lowest BCUT2D eigenvalue weighted by Crippen LogP contribution is -2.43. The van der Waals surface area contributed by atoms with Gasteiger partial charge in [-0.05, 0) is 35.7 Å². The molecule has 2 amide bonds. The molecule has 2 N–H and O–H groups in total. The van der Waals surface area contributed by atoms with Crippen LogP contribution in [0.3, 0.4) is 0 Å². The molecule has 2 rings (SSSR count). The monoisotopic (exact) mass is 344 g/mol. The fourth-order valence-electron chi connectivity index (χ4n) is 2.58. The molecule has 2 aromatic carbocycles. The van der Waals surface area contributed by atoms with Crippen molar-refractivity contribution in [3.8, 4) is 5.75 Å². The first-order chi connectivity index (χ1) is 11.9. The van der Waals surface area contributed by atoms with E-state index in [1.165, 1.54) is 6.07 Å². The summed E-state index contributed by atoms with van der Waals surface area (Å²) in [4.78, 5) is 12.0. The summed E-state index contributed by atoms with van der Waals surface area (Å²) in [6, 6.07) is 14.1. The molecular formula is C20H25FN2O2. The van der Waals surface area contributed by atoms with Gasteiger partial charge in [-0.25, -0.2) is 9.18 Å². The maximum atomic E-state index is 13.9. The highest BCUT2D eigenvalue weighted by atomic mass is 19.1. The van der Waals surface area contributed by atoms with Crippen LogP contribution >= 0.6 is 0 Å². The third-order valence-electron chi connectivity index (χ3n) is 4.15. The van der Waals surface area contributed by atoms with Crippen LogP contribution in [0.25, 0.3) is 0 Å². The molecule has 0 aromatic heterocycles. The molecule has 0 fully saturated rings. The van der Waals surface area contributed by atoms with E-state index < -0.39 is 5.41 Å². The predicted molar refractivity (Wildman–Crippen MR) is 97.5 cm³/mol. The van der Waals surface area contributed by atoms with Gasteiger partial charge in [-0.1, -0.05) is 44.2 Å². The van der Waals surface area contributed by atoms with E-state index in [0.29, 0.717) is 18.7 Å². The largest absolute Gasteiger partial charge is 0.497 e. The van der Waals surface area contributed by atoms with Crippen LogP contribution < -0.4 is 15.4 Å². The van der Waals surface area contributed by atoms with Crippen LogP contribution in [0.1, 0.15) is 25.0 Å². The predicted octanol–water partition coefficient (Wildman–Crippen LogP) is 3.65. The summed E-state index contributed by atoms with van der Waals surface area (Å²) in [6.07, 6.45) is 0.730. The zero-order chi connectivity index (χ0) is 18.3. The number of ether oxygens (including phenoxy) is 1. The van der Waals surface area contributed by atoms with Gasteiger partial charge in [-0.2, -0.15) is 0 Å². The van der Waals surface area contributed by atoms with Crippen molar-refractivity contribution >= 4 is 6.03 Å². The molecule has 5 heteroatoms. The van der Waals surface area contributed by atoms with Crippen LogP contribution in [0.5, 0.6) is 5.75 Å². The number of amides is 2. The van der Waals surface area contributed by atoms with Crippen molar-refractivity contribution in [3.63, 3.8) is 0 Å². The average Bonchev–Trinajstić information content (AvgIpc) is 2.61. The van der Waals surface area contributed by atoms with Crippen molar-refractivity contribution in [2.45, 2.75) is 25.7 Å². The van der Waals surface area contributed by atoms with E-state index in [0.717, 1.165) is 17.7 Å². The highest BCUT2D eigenvalue weighted by Gasteiger charge is 2.24. The van der Waals surface area contributed by atoms with Crippen LogP contribution in [-0.4, -0.2) is 26.2 Å². The van der Waals surface area contributed by atoms with Crippen LogP contribution in [0, 0.1) is 5.82 Å². The van der Waals surface area contributed by atoms with Crippen LogP contribution in [0.2, 0.25) is 0 Å². The lowest BCUT2D eigenvalue weighted by molar-refractivity contribution is 0.238. The van der Waals surface area contributed by atoms with E-state index in [1.807, 2.05) is 38.1 Å². The zero-order valence-electron chi connectivity index (χ0n) is 14.9. The molecule has 134 valence electrons. The Morgan fingerprint density at radius 2 is 1.76 bits per heavy atom. The first-order valence-electron chi connectivity index (χ1n) is 8.32. The minimum absolute atomic E-state index is 0.252. The normalized spacial score (nSPS) is 11.0. The number of halogens is 1. The van der Waals surface area contributed by atoms with Gasteiger partial charge < -0.3 is 15.4 Å². The summed E-state index contributed by atoms with van der Waals surface area (Å²) >= 11 is 0. The molecule has 4 nitrogen and oxygen atoms in total. The molecule has 0 heterocycles. The second-order valence-corrected chi connectivity index (χ2v) is 6.57. The summed E-state index contributed by atoms with van der Waals surface area (Å²) in [5.74, 6) is 0.555. The van der Waals surface area contributed by atoms with Gasteiger partial charge in [0.2, 0.25) is 0 Å². The van der Waals surface area contributed by atoms with E-state index in [4.69, 9.17) is 4.74 Å². The quantitative estimate of drug-likeness (QED) is 0.805.